The number of likely N-dealkylation sites (tertiary alicyclic amines) is 1. The van der Waals surface area contributed by atoms with Gasteiger partial charge in [0.05, 0.1) is 0 Å². The van der Waals surface area contributed by atoms with Crippen molar-refractivity contribution in [1.29, 1.82) is 0 Å². The number of rotatable bonds is 1. The number of carbonyl (C=O) groups excluding carboxylic acids is 1. The van der Waals surface area contributed by atoms with Crippen LogP contribution in [0.3, 0.4) is 0 Å². The zero-order chi connectivity index (χ0) is 8.27. The molecule has 64 valence electrons. The minimum Gasteiger partial charge on any atom is -0.459 e. The van der Waals surface area contributed by atoms with Crippen LogP contribution in [0.2, 0.25) is 0 Å². The van der Waals surface area contributed by atoms with Crippen LogP contribution >= 0.6 is 0 Å². The van der Waals surface area contributed by atoms with Crippen molar-refractivity contribution in [2.45, 2.75) is 12.8 Å². The lowest BCUT2D eigenvalue weighted by Crippen LogP contribution is -2.36. The van der Waals surface area contributed by atoms with Crippen molar-refractivity contribution >= 4 is 5.91 Å². The van der Waals surface area contributed by atoms with Gasteiger partial charge in [-0.15, -0.1) is 0 Å². The van der Waals surface area contributed by atoms with Gasteiger partial charge in [0.25, 0.3) is 0 Å². The van der Waals surface area contributed by atoms with Crippen LogP contribution in [-0.4, -0.2) is 30.9 Å². The average Bonchev–Trinajstić information content (AvgIpc) is 2.05. The van der Waals surface area contributed by atoms with Crippen molar-refractivity contribution in [3.63, 3.8) is 0 Å². The van der Waals surface area contributed by atoms with Gasteiger partial charge < -0.3 is 10.2 Å². The molecule has 0 spiro atoms. The van der Waals surface area contributed by atoms with Gasteiger partial charge in [-0.25, -0.2) is 0 Å². The molecule has 0 unspecified atom stereocenters. The molecule has 0 saturated carbocycles. The fraction of sp³-hybridized carbons (Fsp3) is 0.750. The lowest BCUT2D eigenvalue weighted by Gasteiger charge is -2.33. The summed E-state index contributed by atoms with van der Waals surface area (Å²) >= 11 is 0. The van der Waals surface area contributed by atoms with E-state index in [0.717, 1.165) is 25.9 Å². The molecule has 1 heterocycles. The van der Waals surface area contributed by atoms with Crippen molar-refractivity contribution in [3.05, 3.63) is 7.05 Å². The van der Waals surface area contributed by atoms with Crippen molar-refractivity contribution < 1.29 is 4.79 Å². The summed E-state index contributed by atoms with van der Waals surface area (Å²) in [5.74, 6) is 0.399. The van der Waals surface area contributed by atoms with E-state index in [2.05, 4.69) is 12.4 Å². The van der Waals surface area contributed by atoms with Gasteiger partial charge in [-0.1, -0.05) is 0 Å². The van der Waals surface area contributed by atoms with Crippen LogP contribution in [0.5, 0.6) is 0 Å². The third-order valence-electron chi connectivity index (χ3n) is 2.20. The molecule has 3 nitrogen and oxygen atoms in total. The van der Waals surface area contributed by atoms with Gasteiger partial charge in [0.2, 0.25) is 5.91 Å². The fourth-order valence-corrected chi connectivity index (χ4v) is 1.40. The summed E-state index contributed by atoms with van der Waals surface area (Å²) < 4.78 is 0. The molecule has 0 aliphatic carbocycles. The van der Waals surface area contributed by atoms with Gasteiger partial charge in [0.15, 0.2) is 0 Å². The Morgan fingerprint density at radius 3 is 2.55 bits per heavy atom. The third kappa shape index (κ3) is 2.19. The van der Waals surface area contributed by atoms with E-state index in [1.807, 2.05) is 4.90 Å². The number of nitrogens with zero attached hydrogens (tertiary/aromatic N) is 1. The zero-order valence-corrected chi connectivity index (χ0v) is 6.97. The fourth-order valence-electron chi connectivity index (χ4n) is 1.40. The highest BCUT2D eigenvalue weighted by molar-refractivity contribution is 5.78. The molecule has 1 aliphatic heterocycles. The van der Waals surface area contributed by atoms with Crippen LogP contribution in [0.15, 0.2) is 0 Å². The molecule has 1 fully saturated rings. The Hall–Kier alpha value is -0.570. The van der Waals surface area contributed by atoms with Gasteiger partial charge in [-0.2, -0.15) is 0 Å². The SMILES string of the molecule is [CH2-]N1CCC(C(=O)NC)CC1. The lowest BCUT2D eigenvalue weighted by atomic mass is 9.96. The highest BCUT2D eigenvalue weighted by atomic mass is 16.1. The molecule has 0 aromatic carbocycles. The summed E-state index contributed by atoms with van der Waals surface area (Å²) in [7, 11) is 5.51. The minimum atomic E-state index is 0.179. The predicted molar refractivity (Wildman–Crippen MR) is 43.7 cm³/mol. The molecule has 3 heteroatoms. The molecule has 11 heavy (non-hydrogen) atoms. The largest absolute Gasteiger partial charge is 0.459 e. The van der Waals surface area contributed by atoms with Crippen LogP contribution in [0.25, 0.3) is 0 Å². The summed E-state index contributed by atoms with van der Waals surface area (Å²) in [5.41, 5.74) is 0. The van der Waals surface area contributed by atoms with E-state index in [4.69, 9.17) is 0 Å². The van der Waals surface area contributed by atoms with E-state index in [1.165, 1.54) is 0 Å². The molecular weight excluding hydrogens is 140 g/mol. The molecule has 0 aromatic heterocycles. The summed E-state index contributed by atoms with van der Waals surface area (Å²) in [6.45, 7) is 1.89. The Kier molecular flexibility index (Phi) is 2.88. The number of piperidine rings is 1. The first-order valence-corrected chi connectivity index (χ1v) is 4.01. The zero-order valence-electron chi connectivity index (χ0n) is 6.97. The van der Waals surface area contributed by atoms with Crippen LogP contribution < -0.4 is 5.32 Å². The van der Waals surface area contributed by atoms with Crippen molar-refractivity contribution in [2.24, 2.45) is 5.92 Å². The second-order valence-corrected chi connectivity index (χ2v) is 3.01. The number of amides is 1. The lowest BCUT2D eigenvalue weighted by molar-refractivity contribution is -0.125. The minimum absolute atomic E-state index is 0.179. The van der Waals surface area contributed by atoms with Crippen molar-refractivity contribution in [2.75, 3.05) is 20.1 Å². The Morgan fingerprint density at radius 2 is 2.09 bits per heavy atom. The number of carbonyl (C=O) groups is 1. The summed E-state index contributed by atoms with van der Waals surface area (Å²) in [6, 6.07) is 0. The quantitative estimate of drug-likeness (QED) is 0.550. The van der Waals surface area contributed by atoms with Crippen LogP contribution in [0.1, 0.15) is 12.8 Å². The van der Waals surface area contributed by atoms with E-state index in [-0.39, 0.29) is 11.8 Å². The van der Waals surface area contributed by atoms with E-state index in [0.29, 0.717) is 0 Å². The number of hydrogen-bond donors (Lipinski definition) is 1. The molecule has 0 aromatic rings. The first kappa shape index (κ1) is 8.53. The third-order valence-corrected chi connectivity index (χ3v) is 2.20. The maximum absolute atomic E-state index is 11.1. The summed E-state index contributed by atoms with van der Waals surface area (Å²) in [6.07, 6.45) is 1.90. The highest BCUT2D eigenvalue weighted by Crippen LogP contribution is 2.15. The molecule has 0 bridgehead atoms. The van der Waals surface area contributed by atoms with Gasteiger partial charge in [-0.05, 0) is 25.9 Å². The number of nitrogens with one attached hydrogen (secondary N) is 1. The van der Waals surface area contributed by atoms with E-state index >= 15 is 0 Å². The van der Waals surface area contributed by atoms with E-state index in [1.54, 1.807) is 7.05 Å². The molecular formula is C8H15N2O-. The maximum Gasteiger partial charge on any atom is 0.222 e. The molecule has 1 N–H and O–H groups in total. The summed E-state index contributed by atoms with van der Waals surface area (Å²) in [5, 5.41) is 2.67. The van der Waals surface area contributed by atoms with Gasteiger partial charge in [0, 0.05) is 13.0 Å². The predicted octanol–water partition coefficient (Wildman–Crippen LogP) is 0.236. The first-order chi connectivity index (χ1) is 5.24. The monoisotopic (exact) mass is 155 g/mol. The Labute approximate surface area is 67.8 Å². The highest BCUT2D eigenvalue weighted by Gasteiger charge is 2.19. The van der Waals surface area contributed by atoms with Crippen molar-refractivity contribution in [3.8, 4) is 0 Å². The van der Waals surface area contributed by atoms with Crippen LogP contribution in [0, 0.1) is 13.0 Å². The Balaban J connectivity index is 2.33. The average molecular weight is 155 g/mol. The molecule has 1 saturated heterocycles. The van der Waals surface area contributed by atoms with E-state index in [9.17, 15) is 4.79 Å². The van der Waals surface area contributed by atoms with Crippen LogP contribution in [0.4, 0.5) is 0 Å². The van der Waals surface area contributed by atoms with Gasteiger partial charge in [-0.3, -0.25) is 11.8 Å². The molecule has 1 rings (SSSR count). The Bertz CT molecular complexity index is 139. The Morgan fingerprint density at radius 1 is 1.55 bits per heavy atom. The first-order valence-electron chi connectivity index (χ1n) is 4.01. The molecule has 0 atom stereocenters. The molecule has 1 amide bonds. The number of hydrogen-bond acceptors (Lipinski definition) is 2. The van der Waals surface area contributed by atoms with E-state index < -0.39 is 0 Å². The second-order valence-electron chi connectivity index (χ2n) is 3.01. The normalized spacial score (nSPS) is 21.6. The van der Waals surface area contributed by atoms with Gasteiger partial charge in [0.1, 0.15) is 0 Å². The smallest absolute Gasteiger partial charge is 0.222 e. The standard InChI is InChI=1S/C8H15N2O/c1-9-8(11)7-3-5-10(2)6-4-7/h7H,2-6H2,1H3,(H,9,11)/q-1. The molecule has 0 radical (unpaired) electrons. The van der Waals surface area contributed by atoms with Crippen LogP contribution in [-0.2, 0) is 4.79 Å². The summed E-state index contributed by atoms with van der Waals surface area (Å²) in [4.78, 5) is 13.1. The van der Waals surface area contributed by atoms with Crippen molar-refractivity contribution in [1.82, 2.24) is 10.2 Å². The second kappa shape index (κ2) is 3.72. The maximum atomic E-state index is 11.1. The van der Waals surface area contributed by atoms with Gasteiger partial charge >= 0.3 is 0 Å². The molecule has 1 aliphatic rings. The topological polar surface area (TPSA) is 32.3 Å².